The summed E-state index contributed by atoms with van der Waals surface area (Å²) in [5.41, 5.74) is -0.0324. The van der Waals surface area contributed by atoms with Gasteiger partial charge < -0.3 is 15.2 Å². The van der Waals surface area contributed by atoms with Crippen molar-refractivity contribution in [1.82, 2.24) is 15.2 Å². The minimum Gasteiger partial charge on any atom is -0.334 e. The molecule has 5 nitrogen and oxygen atoms in total. The average Bonchev–Trinajstić information content (AvgIpc) is 3.30. The molecule has 0 spiro atoms. The molecule has 2 fully saturated rings. The lowest BCUT2D eigenvalue weighted by Crippen LogP contribution is -2.47. The van der Waals surface area contributed by atoms with Crippen molar-refractivity contribution in [1.29, 1.82) is 0 Å². The van der Waals surface area contributed by atoms with Crippen LogP contribution in [0.1, 0.15) is 42.5 Å². The normalized spacial score (nSPS) is 22.5. The van der Waals surface area contributed by atoms with Crippen LogP contribution in [0.3, 0.4) is 0 Å². The predicted molar refractivity (Wildman–Crippen MR) is 76.8 cm³/mol. The molecule has 0 bridgehead atoms. The summed E-state index contributed by atoms with van der Waals surface area (Å²) in [5, 5.41) is 3.47. The molecule has 3 rings (SSSR count). The second-order valence-corrected chi connectivity index (χ2v) is 5.75. The molecule has 2 N–H and O–H groups in total. The van der Waals surface area contributed by atoms with E-state index in [0.717, 1.165) is 32.4 Å². The zero-order valence-electron chi connectivity index (χ0n) is 11.6. The van der Waals surface area contributed by atoms with Gasteiger partial charge in [-0.1, -0.05) is 6.42 Å². The number of nitrogens with one attached hydrogen (secondary N) is 2. The van der Waals surface area contributed by atoms with E-state index in [2.05, 4.69) is 10.3 Å². The fraction of sp³-hybridized carbons (Fsp3) is 0.600. The first kappa shape index (κ1) is 13.4. The fourth-order valence-electron chi connectivity index (χ4n) is 2.85. The van der Waals surface area contributed by atoms with Gasteiger partial charge in [-0.25, -0.2) is 0 Å². The van der Waals surface area contributed by atoms with Gasteiger partial charge in [-0.05, 0) is 44.4 Å². The third-order valence-electron chi connectivity index (χ3n) is 4.13. The van der Waals surface area contributed by atoms with Crippen LogP contribution in [0.15, 0.2) is 23.1 Å². The largest absolute Gasteiger partial charge is 0.334 e. The van der Waals surface area contributed by atoms with Crippen molar-refractivity contribution in [3.8, 4) is 0 Å². The van der Waals surface area contributed by atoms with E-state index in [1.54, 1.807) is 18.3 Å². The van der Waals surface area contributed by atoms with Crippen LogP contribution in [0, 0.1) is 0 Å². The molecule has 1 aliphatic carbocycles. The first-order chi connectivity index (χ1) is 9.75. The molecule has 1 atom stereocenters. The van der Waals surface area contributed by atoms with E-state index in [-0.39, 0.29) is 17.0 Å². The molecule has 5 heteroatoms. The zero-order chi connectivity index (χ0) is 13.9. The summed E-state index contributed by atoms with van der Waals surface area (Å²) in [6, 6.07) is 4.02. The number of pyridine rings is 1. The maximum atomic E-state index is 12.6. The smallest absolute Gasteiger partial charge is 0.260 e. The third kappa shape index (κ3) is 2.93. The number of carbonyl (C=O) groups excluding carboxylic acids is 1. The van der Waals surface area contributed by atoms with Gasteiger partial charge in [0.1, 0.15) is 5.56 Å². The SMILES string of the molecule is O=C(c1ccc[nH]c1=O)N(CC1CCCCN1)C1CC1. The number of H-pyrrole nitrogens is 1. The number of nitrogens with zero attached hydrogens (tertiary/aromatic N) is 1. The summed E-state index contributed by atoms with van der Waals surface area (Å²) >= 11 is 0. The standard InChI is InChI=1S/C15H21N3O2/c19-14-13(5-3-9-17-14)15(20)18(12-6-7-12)10-11-4-1-2-8-16-11/h3,5,9,11-12,16H,1-2,4,6-8,10H2,(H,17,19). The van der Waals surface area contributed by atoms with E-state index >= 15 is 0 Å². The molecule has 20 heavy (non-hydrogen) atoms. The van der Waals surface area contributed by atoms with E-state index in [1.807, 2.05) is 4.90 Å². The van der Waals surface area contributed by atoms with Gasteiger partial charge in [0.2, 0.25) is 0 Å². The topological polar surface area (TPSA) is 65.2 Å². The molecule has 1 aromatic rings. The maximum absolute atomic E-state index is 12.6. The van der Waals surface area contributed by atoms with Crippen molar-refractivity contribution in [2.45, 2.75) is 44.2 Å². The van der Waals surface area contributed by atoms with Crippen LogP contribution in [0.2, 0.25) is 0 Å². The number of rotatable bonds is 4. The Bertz CT molecular complexity index is 530. The van der Waals surface area contributed by atoms with Crippen molar-refractivity contribution >= 4 is 5.91 Å². The Balaban J connectivity index is 1.75. The lowest BCUT2D eigenvalue weighted by Gasteiger charge is -2.30. The molecule has 2 heterocycles. The third-order valence-corrected chi connectivity index (χ3v) is 4.13. The number of hydrogen-bond acceptors (Lipinski definition) is 3. The van der Waals surface area contributed by atoms with Crippen LogP contribution in [0.25, 0.3) is 0 Å². The Morgan fingerprint density at radius 2 is 2.15 bits per heavy atom. The number of piperidine rings is 1. The fourth-order valence-corrected chi connectivity index (χ4v) is 2.85. The van der Waals surface area contributed by atoms with Crippen LogP contribution in [-0.4, -0.2) is 41.0 Å². The molecule has 1 aliphatic heterocycles. The Hall–Kier alpha value is -1.62. The highest BCUT2D eigenvalue weighted by Gasteiger charge is 2.35. The van der Waals surface area contributed by atoms with Crippen molar-refractivity contribution in [2.75, 3.05) is 13.1 Å². The van der Waals surface area contributed by atoms with E-state index in [4.69, 9.17) is 0 Å². The Morgan fingerprint density at radius 3 is 2.80 bits per heavy atom. The zero-order valence-corrected chi connectivity index (χ0v) is 11.6. The quantitative estimate of drug-likeness (QED) is 0.865. The summed E-state index contributed by atoms with van der Waals surface area (Å²) in [6.07, 6.45) is 7.22. The summed E-state index contributed by atoms with van der Waals surface area (Å²) in [7, 11) is 0. The van der Waals surface area contributed by atoms with Crippen molar-refractivity contribution in [3.63, 3.8) is 0 Å². The molecular weight excluding hydrogens is 254 g/mol. The Morgan fingerprint density at radius 1 is 1.30 bits per heavy atom. The minimum absolute atomic E-state index is 0.123. The van der Waals surface area contributed by atoms with Crippen LogP contribution < -0.4 is 10.9 Å². The number of aromatic amines is 1. The number of amides is 1. The molecule has 0 aromatic carbocycles. The Labute approximate surface area is 118 Å². The lowest BCUT2D eigenvalue weighted by atomic mass is 10.0. The van der Waals surface area contributed by atoms with Gasteiger partial charge in [0, 0.05) is 24.8 Å². The van der Waals surface area contributed by atoms with Crippen LogP contribution in [-0.2, 0) is 0 Å². The lowest BCUT2D eigenvalue weighted by molar-refractivity contribution is 0.0716. The highest BCUT2D eigenvalue weighted by molar-refractivity contribution is 5.94. The molecule has 1 unspecified atom stereocenters. The van der Waals surface area contributed by atoms with Crippen molar-refractivity contribution in [2.24, 2.45) is 0 Å². The molecule has 2 aliphatic rings. The average molecular weight is 275 g/mol. The predicted octanol–water partition coefficient (Wildman–Crippen LogP) is 1.12. The van der Waals surface area contributed by atoms with Gasteiger partial charge in [-0.3, -0.25) is 9.59 Å². The van der Waals surface area contributed by atoms with Gasteiger partial charge >= 0.3 is 0 Å². The molecule has 1 saturated carbocycles. The molecule has 0 radical (unpaired) electrons. The molecular formula is C15H21N3O2. The van der Waals surface area contributed by atoms with E-state index < -0.39 is 0 Å². The van der Waals surface area contributed by atoms with Gasteiger partial charge in [0.25, 0.3) is 11.5 Å². The van der Waals surface area contributed by atoms with E-state index in [9.17, 15) is 9.59 Å². The highest BCUT2D eigenvalue weighted by atomic mass is 16.2. The molecule has 108 valence electrons. The number of aromatic nitrogens is 1. The van der Waals surface area contributed by atoms with Crippen LogP contribution in [0.5, 0.6) is 0 Å². The van der Waals surface area contributed by atoms with E-state index in [1.165, 1.54) is 12.8 Å². The molecule has 1 saturated heterocycles. The summed E-state index contributed by atoms with van der Waals surface area (Å²) in [5.74, 6) is -0.123. The van der Waals surface area contributed by atoms with Gasteiger partial charge in [-0.15, -0.1) is 0 Å². The van der Waals surface area contributed by atoms with Crippen LogP contribution in [0.4, 0.5) is 0 Å². The van der Waals surface area contributed by atoms with Gasteiger partial charge in [0.05, 0.1) is 0 Å². The minimum atomic E-state index is -0.292. The highest BCUT2D eigenvalue weighted by Crippen LogP contribution is 2.28. The number of hydrogen-bond donors (Lipinski definition) is 2. The second kappa shape index (κ2) is 5.79. The van der Waals surface area contributed by atoms with Gasteiger partial charge in [-0.2, -0.15) is 0 Å². The maximum Gasteiger partial charge on any atom is 0.260 e. The van der Waals surface area contributed by atoms with Crippen LogP contribution >= 0.6 is 0 Å². The molecule has 1 amide bonds. The first-order valence-electron chi connectivity index (χ1n) is 7.48. The summed E-state index contributed by atoms with van der Waals surface area (Å²) < 4.78 is 0. The Kier molecular flexibility index (Phi) is 3.87. The van der Waals surface area contributed by atoms with Crippen molar-refractivity contribution in [3.05, 3.63) is 34.2 Å². The first-order valence-corrected chi connectivity index (χ1v) is 7.48. The summed E-state index contributed by atoms with van der Waals surface area (Å²) in [6.45, 7) is 1.75. The summed E-state index contributed by atoms with van der Waals surface area (Å²) in [4.78, 5) is 28.9. The van der Waals surface area contributed by atoms with Crippen molar-refractivity contribution < 1.29 is 4.79 Å². The number of carbonyl (C=O) groups is 1. The van der Waals surface area contributed by atoms with Gasteiger partial charge in [0.15, 0.2) is 0 Å². The molecule has 1 aromatic heterocycles. The second-order valence-electron chi connectivity index (χ2n) is 5.75. The van der Waals surface area contributed by atoms with E-state index in [0.29, 0.717) is 12.1 Å². The monoisotopic (exact) mass is 275 g/mol.